The molecule has 1 N–H and O–H groups in total. The zero-order valence-corrected chi connectivity index (χ0v) is 15.2. The maximum Gasteiger partial charge on any atom is 0.331 e. The summed E-state index contributed by atoms with van der Waals surface area (Å²) in [5.41, 5.74) is 1.45. The third-order valence-corrected chi connectivity index (χ3v) is 3.85. The molecule has 0 saturated heterocycles. The third-order valence-electron chi connectivity index (χ3n) is 3.28. The highest BCUT2D eigenvalue weighted by Crippen LogP contribution is 2.22. The smallest absolute Gasteiger partial charge is 0.331 e. The van der Waals surface area contributed by atoms with Crippen molar-refractivity contribution in [1.82, 2.24) is 0 Å². The van der Waals surface area contributed by atoms with Crippen molar-refractivity contribution in [3.8, 4) is 6.07 Å². The van der Waals surface area contributed by atoms with Crippen LogP contribution in [0.5, 0.6) is 0 Å². The van der Waals surface area contributed by atoms with Crippen molar-refractivity contribution in [3.05, 3.63) is 69.7 Å². The SMILES string of the molecule is CC(OC(=O)/C=C/c1ccc(Cl)cc1Cl)C(=O)Nc1cccc(C#N)c1. The largest absolute Gasteiger partial charge is 0.449 e. The van der Waals surface area contributed by atoms with Crippen LogP contribution in [0.1, 0.15) is 18.1 Å². The van der Waals surface area contributed by atoms with E-state index in [1.54, 1.807) is 36.4 Å². The summed E-state index contributed by atoms with van der Waals surface area (Å²) in [5.74, 6) is -1.20. The minimum Gasteiger partial charge on any atom is -0.449 e. The molecular formula is C19H14Cl2N2O3. The molecular weight excluding hydrogens is 375 g/mol. The molecule has 132 valence electrons. The Bertz CT molecular complexity index is 904. The molecule has 0 bridgehead atoms. The summed E-state index contributed by atoms with van der Waals surface area (Å²) < 4.78 is 5.05. The number of halogens is 2. The molecule has 0 aliphatic carbocycles. The van der Waals surface area contributed by atoms with E-state index in [1.165, 1.54) is 25.1 Å². The van der Waals surface area contributed by atoms with Gasteiger partial charge in [-0.2, -0.15) is 5.26 Å². The van der Waals surface area contributed by atoms with Crippen LogP contribution in [0.2, 0.25) is 10.0 Å². The normalized spacial score (nSPS) is 11.6. The zero-order chi connectivity index (χ0) is 19.1. The molecule has 0 aliphatic heterocycles. The summed E-state index contributed by atoms with van der Waals surface area (Å²) >= 11 is 11.8. The van der Waals surface area contributed by atoms with Gasteiger partial charge in [-0.3, -0.25) is 4.79 Å². The number of nitrogens with one attached hydrogen (secondary N) is 1. The van der Waals surface area contributed by atoms with Crippen LogP contribution in [0.15, 0.2) is 48.5 Å². The molecule has 5 nitrogen and oxygen atoms in total. The van der Waals surface area contributed by atoms with Crippen molar-refractivity contribution < 1.29 is 14.3 Å². The van der Waals surface area contributed by atoms with Gasteiger partial charge in [-0.25, -0.2) is 4.79 Å². The maximum absolute atomic E-state index is 12.1. The molecule has 1 atom stereocenters. The number of nitrogens with zero attached hydrogens (tertiary/aromatic N) is 1. The molecule has 0 fully saturated rings. The molecule has 1 unspecified atom stereocenters. The molecule has 7 heteroatoms. The average Bonchev–Trinajstić information content (AvgIpc) is 2.61. The topological polar surface area (TPSA) is 79.2 Å². The average molecular weight is 389 g/mol. The Morgan fingerprint density at radius 2 is 2.00 bits per heavy atom. The van der Waals surface area contributed by atoms with E-state index in [-0.39, 0.29) is 0 Å². The predicted octanol–water partition coefficient (Wildman–Crippen LogP) is 4.45. The van der Waals surface area contributed by atoms with Gasteiger partial charge in [0.2, 0.25) is 0 Å². The highest BCUT2D eigenvalue weighted by atomic mass is 35.5. The molecule has 2 rings (SSSR count). The first-order valence-electron chi connectivity index (χ1n) is 7.54. The number of benzene rings is 2. The van der Waals surface area contributed by atoms with Crippen LogP contribution in [-0.4, -0.2) is 18.0 Å². The minimum absolute atomic E-state index is 0.393. The van der Waals surface area contributed by atoms with Gasteiger partial charge in [0.25, 0.3) is 5.91 Å². The summed E-state index contributed by atoms with van der Waals surface area (Å²) in [6.45, 7) is 1.45. The number of hydrogen-bond acceptors (Lipinski definition) is 4. The summed E-state index contributed by atoms with van der Waals surface area (Å²) in [5, 5.41) is 12.3. The Morgan fingerprint density at radius 3 is 2.69 bits per heavy atom. The molecule has 0 heterocycles. The molecule has 2 aromatic rings. The van der Waals surface area contributed by atoms with Crippen molar-refractivity contribution in [2.75, 3.05) is 5.32 Å². The lowest BCUT2D eigenvalue weighted by Crippen LogP contribution is -2.29. The number of nitriles is 1. The van der Waals surface area contributed by atoms with Gasteiger partial charge in [-0.15, -0.1) is 0 Å². The number of carbonyl (C=O) groups is 2. The van der Waals surface area contributed by atoms with E-state index in [2.05, 4.69) is 5.32 Å². The monoisotopic (exact) mass is 388 g/mol. The number of anilines is 1. The van der Waals surface area contributed by atoms with Crippen molar-refractivity contribution in [3.63, 3.8) is 0 Å². The summed E-state index contributed by atoms with van der Waals surface area (Å²) in [4.78, 5) is 23.9. The van der Waals surface area contributed by atoms with Gasteiger partial charge in [-0.05, 0) is 48.9 Å². The molecule has 0 radical (unpaired) electrons. The molecule has 0 aromatic heterocycles. The van der Waals surface area contributed by atoms with Crippen molar-refractivity contribution in [2.45, 2.75) is 13.0 Å². The Morgan fingerprint density at radius 1 is 1.23 bits per heavy atom. The number of hydrogen-bond donors (Lipinski definition) is 1. The van der Waals surface area contributed by atoms with Crippen molar-refractivity contribution >= 4 is 46.8 Å². The van der Waals surface area contributed by atoms with Gasteiger partial charge < -0.3 is 10.1 Å². The van der Waals surface area contributed by atoms with Gasteiger partial charge >= 0.3 is 5.97 Å². The van der Waals surface area contributed by atoms with Gasteiger partial charge in [-0.1, -0.05) is 35.3 Å². The van der Waals surface area contributed by atoms with Crippen molar-refractivity contribution in [1.29, 1.82) is 5.26 Å². The number of esters is 1. The number of rotatable bonds is 5. The van der Waals surface area contributed by atoms with Crippen LogP contribution in [0.4, 0.5) is 5.69 Å². The zero-order valence-electron chi connectivity index (χ0n) is 13.7. The summed E-state index contributed by atoms with van der Waals surface area (Å²) in [6, 6.07) is 13.3. The maximum atomic E-state index is 12.1. The van der Waals surface area contributed by atoms with E-state index in [9.17, 15) is 9.59 Å². The fourth-order valence-electron chi connectivity index (χ4n) is 1.97. The van der Waals surface area contributed by atoms with E-state index in [1.807, 2.05) is 6.07 Å². The van der Waals surface area contributed by atoms with Crippen LogP contribution in [-0.2, 0) is 14.3 Å². The summed E-state index contributed by atoms with van der Waals surface area (Å²) in [7, 11) is 0. The highest BCUT2D eigenvalue weighted by molar-refractivity contribution is 6.35. The Balaban J connectivity index is 1.94. The van der Waals surface area contributed by atoms with E-state index in [4.69, 9.17) is 33.2 Å². The second-order valence-corrected chi connectivity index (χ2v) is 6.10. The minimum atomic E-state index is -1.02. The third kappa shape index (κ3) is 5.62. The van der Waals surface area contributed by atoms with Crippen LogP contribution in [0.3, 0.4) is 0 Å². The molecule has 2 aromatic carbocycles. The van der Waals surface area contributed by atoms with Crippen molar-refractivity contribution in [2.24, 2.45) is 0 Å². The Kier molecular flexibility index (Phi) is 6.79. The second kappa shape index (κ2) is 9.04. The van der Waals surface area contributed by atoms with Gasteiger partial charge in [0.1, 0.15) is 0 Å². The molecule has 0 spiro atoms. The van der Waals surface area contributed by atoms with Crippen LogP contribution >= 0.6 is 23.2 Å². The van der Waals surface area contributed by atoms with E-state index < -0.39 is 18.0 Å². The standard InChI is InChI=1S/C19H14Cl2N2O3/c1-12(19(25)23-16-4-2-3-13(9-16)11-22)26-18(24)8-6-14-5-7-15(20)10-17(14)21/h2-10,12H,1H3,(H,23,25)/b8-6+. The van der Waals surface area contributed by atoms with E-state index >= 15 is 0 Å². The van der Waals surface area contributed by atoms with Crippen LogP contribution < -0.4 is 5.32 Å². The van der Waals surface area contributed by atoms with Crippen LogP contribution in [0.25, 0.3) is 6.08 Å². The van der Waals surface area contributed by atoms with Gasteiger partial charge in [0.05, 0.1) is 11.6 Å². The van der Waals surface area contributed by atoms with Crippen LogP contribution in [0, 0.1) is 11.3 Å². The first kappa shape index (κ1) is 19.5. The fourth-order valence-corrected chi connectivity index (χ4v) is 2.44. The van der Waals surface area contributed by atoms with E-state index in [0.29, 0.717) is 26.9 Å². The second-order valence-electron chi connectivity index (χ2n) is 5.26. The summed E-state index contributed by atoms with van der Waals surface area (Å²) in [6.07, 6.45) is 1.63. The number of amides is 1. The molecule has 26 heavy (non-hydrogen) atoms. The van der Waals surface area contributed by atoms with E-state index in [0.717, 1.165) is 0 Å². The van der Waals surface area contributed by atoms with Gasteiger partial charge in [0.15, 0.2) is 6.10 Å². The lowest BCUT2D eigenvalue weighted by atomic mass is 10.2. The molecule has 0 saturated carbocycles. The first-order valence-corrected chi connectivity index (χ1v) is 8.29. The fraction of sp³-hybridized carbons (Fsp3) is 0.105. The number of ether oxygens (including phenoxy) is 1. The predicted molar refractivity (Wildman–Crippen MR) is 101 cm³/mol. The van der Waals surface area contributed by atoms with Gasteiger partial charge in [0, 0.05) is 21.8 Å². The quantitative estimate of drug-likeness (QED) is 0.605. The Hall–Kier alpha value is -2.81. The highest BCUT2D eigenvalue weighted by Gasteiger charge is 2.16. The molecule has 1 amide bonds. The first-order chi connectivity index (χ1) is 12.4. The molecule has 0 aliphatic rings. The number of carbonyl (C=O) groups excluding carboxylic acids is 2. The lowest BCUT2D eigenvalue weighted by molar-refractivity contribution is -0.148. The Labute approximate surface area is 160 Å². The lowest BCUT2D eigenvalue weighted by Gasteiger charge is -2.12.